The van der Waals surface area contributed by atoms with Gasteiger partial charge in [-0.2, -0.15) is 0 Å². The maximum Gasteiger partial charge on any atom is 0.251 e. The highest BCUT2D eigenvalue weighted by Gasteiger charge is 2.12. The lowest BCUT2D eigenvalue weighted by Crippen LogP contribution is -2.27. The van der Waals surface area contributed by atoms with E-state index in [4.69, 9.17) is 4.74 Å². The van der Waals surface area contributed by atoms with Crippen molar-refractivity contribution in [2.75, 3.05) is 17.2 Å². The number of anilines is 2. The fraction of sp³-hybridized carbons (Fsp3) is 0.103. The van der Waals surface area contributed by atoms with Crippen molar-refractivity contribution < 1.29 is 14.3 Å². The molecule has 0 aliphatic carbocycles. The van der Waals surface area contributed by atoms with Crippen molar-refractivity contribution in [2.24, 2.45) is 0 Å². The topological polar surface area (TPSA) is 79.5 Å². The molecular formula is C29H27N3O3. The van der Waals surface area contributed by atoms with Crippen LogP contribution in [-0.4, -0.2) is 18.4 Å². The number of hydrogen-bond donors (Lipinski definition) is 3. The molecule has 4 rings (SSSR count). The van der Waals surface area contributed by atoms with E-state index in [2.05, 4.69) is 16.0 Å². The quantitative estimate of drug-likeness (QED) is 0.282. The maximum atomic E-state index is 12.7. The van der Waals surface area contributed by atoms with Crippen molar-refractivity contribution in [3.8, 4) is 11.5 Å². The summed E-state index contributed by atoms with van der Waals surface area (Å²) in [7, 11) is 0. The Morgan fingerprint density at radius 3 is 2.11 bits per heavy atom. The van der Waals surface area contributed by atoms with Crippen molar-refractivity contribution in [1.29, 1.82) is 0 Å². The van der Waals surface area contributed by atoms with Crippen LogP contribution in [0, 0.1) is 0 Å². The van der Waals surface area contributed by atoms with Crippen LogP contribution in [0.2, 0.25) is 0 Å². The van der Waals surface area contributed by atoms with Crippen LogP contribution in [0.3, 0.4) is 0 Å². The minimum atomic E-state index is -0.218. The van der Waals surface area contributed by atoms with Crippen LogP contribution in [-0.2, 0) is 4.79 Å². The summed E-state index contributed by atoms with van der Waals surface area (Å²) in [5.74, 6) is 1.05. The monoisotopic (exact) mass is 465 g/mol. The summed E-state index contributed by atoms with van der Waals surface area (Å²) < 4.78 is 5.78. The number of amides is 2. The molecule has 0 heterocycles. The van der Waals surface area contributed by atoms with Gasteiger partial charge in [0.1, 0.15) is 11.5 Å². The summed E-state index contributed by atoms with van der Waals surface area (Å²) in [4.78, 5) is 25.1. The number of para-hydroxylation sites is 1. The van der Waals surface area contributed by atoms with Crippen LogP contribution in [0.4, 0.5) is 11.4 Å². The summed E-state index contributed by atoms with van der Waals surface area (Å²) >= 11 is 0. The predicted molar refractivity (Wildman–Crippen MR) is 139 cm³/mol. The van der Waals surface area contributed by atoms with Crippen LogP contribution in [0.5, 0.6) is 11.5 Å². The first kappa shape index (κ1) is 23.6. The number of carbonyl (C=O) groups is 2. The van der Waals surface area contributed by atoms with E-state index in [0.29, 0.717) is 17.0 Å². The first-order valence-corrected chi connectivity index (χ1v) is 11.4. The number of hydrogen-bond acceptors (Lipinski definition) is 4. The first-order chi connectivity index (χ1) is 17.1. The van der Waals surface area contributed by atoms with Crippen molar-refractivity contribution >= 4 is 23.2 Å². The van der Waals surface area contributed by atoms with E-state index < -0.39 is 0 Å². The largest absolute Gasteiger partial charge is 0.457 e. The highest BCUT2D eigenvalue weighted by molar-refractivity contribution is 5.98. The molecule has 35 heavy (non-hydrogen) atoms. The fourth-order valence-electron chi connectivity index (χ4n) is 3.50. The van der Waals surface area contributed by atoms with Crippen LogP contribution >= 0.6 is 0 Å². The van der Waals surface area contributed by atoms with Crippen molar-refractivity contribution in [3.05, 3.63) is 120 Å². The zero-order valence-corrected chi connectivity index (χ0v) is 19.4. The van der Waals surface area contributed by atoms with Gasteiger partial charge in [-0.25, -0.2) is 0 Å². The van der Waals surface area contributed by atoms with E-state index in [9.17, 15) is 9.59 Å². The molecule has 3 N–H and O–H groups in total. The Hall–Kier alpha value is -4.58. The van der Waals surface area contributed by atoms with E-state index in [1.165, 1.54) is 0 Å². The number of rotatable bonds is 9. The molecule has 0 radical (unpaired) electrons. The first-order valence-electron chi connectivity index (χ1n) is 11.4. The Balaban J connectivity index is 1.27. The smallest absolute Gasteiger partial charge is 0.251 e. The summed E-state index contributed by atoms with van der Waals surface area (Å²) in [6, 6.07) is 33.4. The summed E-state index contributed by atoms with van der Waals surface area (Å²) in [6.07, 6.45) is 0. The van der Waals surface area contributed by atoms with Crippen LogP contribution in [0.25, 0.3) is 0 Å². The minimum Gasteiger partial charge on any atom is -0.457 e. The molecule has 0 aliphatic rings. The molecule has 2 amide bonds. The van der Waals surface area contributed by atoms with Gasteiger partial charge in [0, 0.05) is 16.9 Å². The lowest BCUT2D eigenvalue weighted by molar-refractivity contribution is -0.114. The molecule has 1 atom stereocenters. The Bertz CT molecular complexity index is 1260. The maximum absolute atomic E-state index is 12.7. The molecule has 176 valence electrons. The van der Waals surface area contributed by atoms with Crippen molar-refractivity contribution in [1.82, 2.24) is 5.32 Å². The Morgan fingerprint density at radius 2 is 1.40 bits per heavy atom. The van der Waals surface area contributed by atoms with Crippen molar-refractivity contribution in [3.63, 3.8) is 0 Å². The van der Waals surface area contributed by atoms with Crippen LogP contribution in [0.15, 0.2) is 109 Å². The lowest BCUT2D eigenvalue weighted by Gasteiger charge is -2.15. The summed E-state index contributed by atoms with van der Waals surface area (Å²) in [5, 5.41) is 8.91. The third-order valence-corrected chi connectivity index (χ3v) is 5.34. The van der Waals surface area contributed by atoms with Gasteiger partial charge in [-0.3, -0.25) is 9.59 Å². The highest BCUT2D eigenvalue weighted by atomic mass is 16.5. The summed E-state index contributed by atoms with van der Waals surface area (Å²) in [6.45, 7) is 2.02. The van der Waals surface area contributed by atoms with Gasteiger partial charge in [0.05, 0.1) is 12.6 Å². The van der Waals surface area contributed by atoms with Gasteiger partial charge in [0.15, 0.2) is 0 Å². The number of ether oxygens (including phenoxy) is 1. The number of benzene rings is 4. The normalized spacial score (nSPS) is 11.2. The van der Waals surface area contributed by atoms with Gasteiger partial charge >= 0.3 is 0 Å². The molecule has 0 saturated heterocycles. The SMILES string of the molecule is CC(NC(=O)c1cccc(NC(=O)CNc2ccc(Oc3ccccc3)cc2)c1)c1ccccc1. The molecule has 4 aromatic rings. The molecule has 6 nitrogen and oxygen atoms in total. The molecular weight excluding hydrogens is 438 g/mol. The molecule has 0 aliphatic heterocycles. The average Bonchev–Trinajstić information content (AvgIpc) is 2.89. The van der Waals surface area contributed by atoms with Gasteiger partial charge < -0.3 is 20.7 Å². The second-order valence-corrected chi connectivity index (χ2v) is 8.03. The summed E-state index contributed by atoms with van der Waals surface area (Å²) in [5.41, 5.74) is 2.86. The standard InChI is InChI=1S/C29H27N3O3/c1-21(22-9-4-2-5-10-22)31-29(34)23-11-8-12-25(19-23)32-28(33)20-30-24-15-17-27(18-16-24)35-26-13-6-3-7-14-26/h2-19,21,30H,20H2,1H3,(H,31,34)(H,32,33). The van der Waals surface area contributed by atoms with E-state index in [0.717, 1.165) is 17.0 Å². The zero-order valence-electron chi connectivity index (χ0n) is 19.4. The van der Waals surface area contributed by atoms with Gasteiger partial charge in [0.25, 0.3) is 5.91 Å². The van der Waals surface area contributed by atoms with Crippen LogP contribution in [0.1, 0.15) is 28.9 Å². The van der Waals surface area contributed by atoms with E-state index in [1.54, 1.807) is 24.3 Å². The number of nitrogens with one attached hydrogen (secondary N) is 3. The third kappa shape index (κ3) is 6.95. The van der Waals surface area contributed by atoms with Gasteiger partial charge in [0.2, 0.25) is 5.91 Å². The highest BCUT2D eigenvalue weighted by Crippen LogP contribution is 2.22. The second kappa shape index (κ2) is 11.5. The molecule has 0 spiro atoms. The fourth-order valence-corrected chi connectivity index (χ4v) is 3.50. The minimum absolute atomic E-state index is 0.0837. The number of carbonyl (C=O) groups excluding carboxylic acids is 2. The third-order valence-electron chi connectivity index (χ3n) is 5.34. The zero-order chi connectivity index (χ0) is 24.5. The lowest BCUT2D eigenvalue weighted by atomic mass is 10.1. The Labute approximate surface area is 205 Å². The van der Waals surface area contributed by atoms with E-state index in [1.807, 2.05) is 91.9 Å². The Kier molecular flexibility index (Phi) is 7.76. The van der Waals surface area contributed by atoms with Crippen LogP contribution < -0.4 is 20.7 Å². The molecule has 6 heteroatoms. The van der Waals surface area contributed by atoms with Gasteiger partial charge in [-0.05, 0) is 67.1 Å². The van der Waals surface area contributed by atoms with Gasteiger partial charge in [-0.1, -0.05) is 54.6 Å². The molecule has 0 saturated carbocycles. The predicted octanol–water partition coefficient (Wildman–Crippen LogP) is 6.02. The molecule has 0 fully saturated rings. The molecule has 0 bridgehead atoms. The Morgan fingerprint density at radius 1 is 0.743 bits per heavy atom. The second-order valence-electron chi connectivity index (χ2n) is 8.03. The molecule has 1 unspecified atom stereocenters. The average molecular weight is 466 g/mol. The van der Waals surface area contributed by atoms with Gasteiger partial charge in [-0.15, -0.1) is 0 Å². The molecule has 0 aromatic heterocycles. The van der Waals surface area contributed by atoms with Crippen molar-refractivity contribution in [2.45, 2.75) is 13.0 Å². The molecule has 4 aromatic carbocycles. The van der Waals surface area contributed by atoms with E-state index in [-0.39, 0.29) is 24.4 Å². The van der Waals surface area contributed by atoms with E-state index >= 15 is 0 Å².